The van der Waals surface area contributed by atoms with Gasteiger partial charge in [0.1, 0.15) is 11.3 Å². The van der Waals surface area contributed by atoms with E-state index in [-0.39, 0.29) is 0 Å². The SMILES string of the molecule is Nc1ccn(CCCSc2nc3ccccc3o2)n1. The largest absolute Gasteiger partial charge is 0.431 e. The number of fused-ring (bicyclic) bond motifs is 1. The van der Waals surface area contributed by atoms with Crippen molar-refractivity contribution in [3.8, 4) is 0 Å². The van der Waals surface area contributed by atoms with Crippen LogP contribution in [0.5, 0.6) is 0 Å². The summed E-state index contributed by atoms with van der Waals surface area (Å²) in [6, 6.07) is 9.59. The average Bonchev–Trinajstić information content (AvgIpc) is 3.00. The summed E-state index contributed by atoms with van der Waals surface area (Å²) in [5.41, 5.74) is 7.30. The van der Waals surface area contributed by atoms with Gasteiger partial charge in [0, 0.05) is 18.5 Å². The third-order valence-electron chi connectivity index (χ3n) is 2.69. The van der Waals surface area contributed by atoms with Crippen molar-refractivity contribution >= 4 is 28.7 Å². The van der Waals surface area contributed by atoms with E-state index >= 15 is 0 Å². The number of aromatic nitrogens is 3. The van der Waals surface area contributed by atoms with Crippen LogP contribution in [0, 0.1) is 0 Å². The molecule has 1 aromatic carbocycles. The second-order valence-electron chi connectivity index (χ2n) is 4.15. The first-order valence-corrected chi connectivity index (χ1v) is 7.07. The highest BCUT2D eigenvalue weighted by Crippen LogP contribution is 2.23. The Morgan fingerprint density at radius 1 is 1.26 bits per heavy atom. The third-order valence-corrected chi connectivity index (χ3v) is 3.61. The number of nitrogen functional groups attached to an aromatic ring is 1. The lowest BCUT2D eigenvalue weighted by Gasteiger charge is -1.99. The molecule has 19 heavy (non-hydrogen) atoms. The molecular formula is C13H14N4OS. The Morgan fingerprint density at radius 3 is 2.95 bits per heavy atom. The zero-order chi connectivity index (χ0) is 13.1. The quantitative estimate of drug-likeness (QED) is 0.572. The third kappa shape index (κ3) is 2.90. The molecule has 0 saturated carbocycles. The van der Waals surface area contributed by atoms with E-state index in [2.05, 4.69) is 10.1 Å². The lowest BCUT2D eigenvalue weighted by atomic mass is 10.3. The highest BCUT2D eigenvalue weighted by Gasteiger charge is 2.05. The lowest BCUT2D eigenvalue weighted by molar-refractivity contribution is 0.489. The fourth-order valence-electron chi connectivity index (χ4n) is 1.80. The molecule has 0 atom stereocenters. The van der Waals surface area contributed by atoms with E-state index < -0.39 is 0 Å². The number of oxazole rings is 1. The van der Waals surface area contributed by atoms with Crippen molar-refractivity contribution in [1.82, 2.24) is 14.8 Å². The molecule has 2 N–H and O–H groups in total. The van der Waals surface area contributed by atoms with E-state index in [4.69, 9.17) is 10.2 Å². The maximum absolute atomic E-state index is 5.63. The summed E-state index contributed by atoms with van der Waals surface area (Å²) in [5.74, 6) is 1.50. The van der Waals surface area contributed by atoms with Crippen molar-refractivity contribution in [2.75, 3.05) is 11.5 Å². The summed E-state index contributed by atoms with van der Waals surface area (Å²) < 4.78 is 7.48. The van der Waals surface area contributed by atoms with E-state index in [1.54, 1.807) is 17.8 Å². The van der Waals surface area contributed by atoms with Crippen molar-refractivity contribution in [3.05, 3.63) is 36.5 Å². The van der Waals surface area contributed by atoms with Crippen molar-refractivity contribution in [3.63, 3.8) is 0 Å². The molecule has 0 fully saturated rings. The number of nitrogens with two attached hydrogens (primary N) is 1. The van der Waals surface area contributed by atoms with Crippen molar-refractivity contribution < 1.29 is 4.42 Å². The number of hydrogen-bond acceptors (Lipinski definition) is 5. The van der Waals surface area contributed by atoms with Crippen LogP contribution in [0.3, 0.4) is 0 Å². The summed E-state index contributed by atoms with van der Waals surface area (Å²) in [5, 5.41) is 4.86. The van der Waals surface area contributed by atoms with Crippen LogP contribution in [0.25, 0.3) is 11.1 Å². The van der Waals surface area contributed by atoms with E-state index in [9.17, 15) is 0 Å². The second-order valence-corrected chi connectivity index (χ2v) is 5.20. The molecule has 6 heteroatoms. The molecule has 5 nitrogen and oxygen atoms in total. The van der Waals surface area contributed by atoms with Crippen molar-refractivity contribution in [2.45, 2.75) is 18.2 Å². The smallest absolute Gasteiger partial charge is 0.256 e. The molecule has 0 radical (unpaired) electrons. The fraction of sp³-hybridized carbons (Fsp3) is 0.231. The molecule has 0 saturated heterocycles. The minimum Gasteiger partial charge on any atom is -0.431 e. The van der Waals surface area contributed by atoms with Crippen LogP contribution in [-0.2, 0) is 6.54 Å². The molecule has 0 aliphatic heterocycles. The van der Waals surface area contributed by atoms with Crippen LogP contribution in [0.2, 0.25) is 0 Å². The van der Waals surface area contributed by atoms with Crippen LogP contribution >= 0.6 is 11.8 Å². The van der Waals surface area contributed by atoms with Crippen LogP contribution < -0.4 is 5.73 Å². The number of rotatable bonds is 5. The van der Waals surface area contributed by atoms with Gasteiger partial charge in [-0.25, -0.2) is 4.98 Å². The van der Waals surface area contributed by atoms with Gasteiger partial charge >= 0.3 is 0 Å². The Kier molecular flexibility index (Phi) is 3.41. The van der Waals surface area contributed by atoms with Gasteiger partial charge in [0.25, 0.3) is 5.22 Å². The monoisotopic (exact) mass is 274 g/mol. The van der Waals surface area contributed by atoms with E-state index in [1.165, 1.54) is 0 Å². The summed E-state index contributed by atoms with van der Waals surface area (Å²) >= 11 is 1.62. The first-order valence-electron chi connectivity index (χ1n) is 6.08. The molecule has 0 aliphatic rings. The highest BCUT2D eigenvalue weighted by atomic mass is 32.2. The molecule has 0 bridgehead atoms. The molecule has 2 aromatic heterocycles. The van der Waals surface area contributed by atoms with Gasteiger partial charge in [-0.05, 0) is 24.6 Å². The molecule has 3 aromatic rings. The Bertz CT molecular complexity index is 643. The highest BCUT2D eigenvalue weighted by molar-refractivity contribution is 7.99. The second kappa shape index (κ2) is 5.36. The Morgan fingerprint density at radius 2 is 2.16 bits per heavy atom. The number of benzene rings is 1. The van der Waals surface area contributed by atoms with Crippen LogP contribution in [0.1, 0.15) is 6.42 Å². The van der Waals surface area contributed by atoms with Crippen LogP contribution in [-0.4, -0.2) is 20.5 Å². The standard InChI is InChI=1S/C13H14N4OS/c14-12-6-8-17(16-12)7-3-9-19-13-15-10-4-1-2-5-11(10)18-13/h1-2,4-6,8H,3,7,9H2,(H2,14,16). The van der Waals surface area contributed by atoms with E-state index in [0.717, 1.165) is 35.0 Å². The van der Waals surface area contributed by atoms with E-state index in [0.29, 0.717) is 5.82 Å². The number of anilines is 1. The minimum absolute atomic E-state index is 0.562. The Balaban J connectivity index is 1.52. The van der Waals surface area contributed by atoms with Gasteiger partial charge in [-0.1, -0.05) is 23.9 Å². The van der Waals surface area contributed by atoms with Crippen molar-refractivity contribution in [2.24, 2.45) is 0 Å². The van der Waals surface area contributed by atoms with Gasteiger partial charge in [0.15, 0.2) is 5.58 Å². The van der Waals surface area contributed by atoms with Gasteiger partial charge in [-0.15, -0.1) is 0 Å². The Labute approximate surface area is 114 Å². The minimum atomic E-state index is 0.562. The van der Waals surface area contributed by atoms with Gasteiger partial charge < -0.3 is 10.2 Å². The number of thioether (sulfide) groups is 1. The van der Waals surface area contributed by atoms with Crippen LogP contribution in [0.15, 0.2) is 46.2 Å². The topological polar surface area (TPSA) is 69.9 Å². The van der Waals surface area contributed by atoms with Gasteiger partial charge in [0.05, 0.1) is 0 Å². The summed E-state index contributed by atoms with van der Waals surface area (Å²) in [6.07, 6.45) is 2.88. The van der Waals surface area contributed by atoms with Gasteiger partial charge in [0.2, 0.25) is 0 Å². The predicted molar refractivity (Wildman–Crippen MR) is 76.0 cm³/mol. The van der Waals surface area contributed by atoms with Crippen molar-refractivity contribution in [1.29, 1.82) is 0 Å². The first-order chi connectivity index (χ1) is 9.31. The number of hydrogen-bond donors (Lipinski definition) is 1. The Hall–Kier alpha value is -1.95. The maximum Gasteiger partial charge on any atom is 0.256 e. The summed E-state index contributed by atoms with van der Waals surface area (Å²) in [4.78, 5) is 4.42. The lowest BCUT2D eigenvalue weighted by Crippen LogP contribution is -2.00. The molecule has 98 valence electrons. The molecular weight excluding hydrogens is 260 g/mol. The average molecular weight is 274 g/mol. The normalized spacial score (nSPS) is 11.2. The molecule has 0 aliphatic carbocycles. The fourth-order valence-corrected chi connectivity index (χ4v) is 2.56. The van der Waals surface area contributed by atoms with E-state index in [1.807, 2.05) is 35.1 Å². The summed E-state index contributed by atoms with van der Waals surface area (Å²) in [7, 11) is 0. The number of nitrogens with zero attached hydrogens (tertiary/aromatic N) is 3. The zero-order valence-electron chi connectivity index (χ0n) is 10.3. The first kappa shape index (κ1) is 12.1. The molecule has 2 heterocycles. The number of aryl methyl sites for hydroxylation is 1. The molecule has 0 amide bonds. The maximum atomic E-state index is 5.63. The molecule has 0 unspecified atom stereocenters. The van der Waals surface area contributed by atoms with Gasteiger partial charge in [-0.2, -0.15) is 5.10 Å². The van der Waals surface area contributed by atoms with Crippen LogP contribution in [0.4, 0.5) is 5.82 Å². The summed E-state index contributed by atoms with van der Waals surface area (Å²) in [6.45, 7) is 0.852. The van der Waals surface area contributed by atoms with Gasteiger partial charge in [-0.3, -0.25) is 4.68 Å². The molecule has 0 spiro atoms. The molecule has 3 rings (SSSR count). The predicted octanol–water partition coefficient (Wildman–Crippen LogP) is 2.79. The number of para-hydroxylation sites is 2. The zero-order valence-corrected chi connectivity index (χ0v) is 11.1.